The maximum Gasteiger partial charge on any atom is 0.172 e. The van der Waals surface area contributed by atoms with E-state index in [1.54, 1.807) is 12.1 Å². The Bertz CT molecular complexity index is 482. The van der Waals surface area contributed by atoms with Gasteiger partial charge in [0, 0.05) is 17.5 Å². The lowest BCUT2D eigenvalue weighted by atomic mass is 9.77. The largest absolute Gasteiger partial charge is 0.397 e. The molecule has 1 aromatic rings. The van der Waals surface area contributed by atoms with Gasteiger partial charge in [-0.1, -0.05) is 30.1 Å². The number of ketones is 1. The number of rotatable bonds is 3. The summed E-state index contributed by atoms with van der Waals surface area (Å²) in [5.74, 6) is 0.0612. The number of carbonyl (C=O) groups excluding carboxylic acids is 1. The molecule has 0 saturated carbocycles. The van der Waals surface area contributed by atoms with E-state index in [0.29, 0.717) is 17.1 Å². The fraction of sp³-hybridized carbons (Fsp3) is 0.462. The highest BCUT2D eigenvalue weighted by atomic mass is 35.5. The van der Waals surface area contributed by atoms with Crippen LogP contribution in [0.1, 0.15) is 30.1 Å². The highest BCUT2D eigenvalue weighted by molar-refractivity contribution is 6.44. The predicted molar refractivity (Wildman–Crippen MR) is 75.4 cm³/mol. The Kier molecular flexibility index (Phi) is 3.85. The molecule has 0 bridgehead atoms. The summed E-state index contributed by atoms with van der Waals surface area (Å²) in [6, 6.07) is 3.29. The van der Waals surface area contributed by atoms with Crippen molar-refractivity contribution in [2.45, 2.75) is 19.8 Å². The SMILES string of the molecule is CC[C@]1(C(=O)c2ccc(Cl)c(Cl)c2N)CCNC1. The van der Waals surface area contributed by atoms with Crippen LogP contribution in [0.4, 0.5) is 5.69 Å². The number of nitrogens with one attached hydrogen (secondary N) is 1. The smallest absolute Gasteiger partial charge is 0.172 e. The van der Waals surface area contributed by atoms with E-state index < -0.39 is 0 Å². The fourth-order valence-corrected chi connectivity index (χ4v) is 2.78. The highest BCUT2D eigenvalue weighted by Gasteiger charge is 2.40. The molecule has 18 heavy (non-hydrogen) atoms. The van der Waals surface area contributed by atoms with Crippen LogP contribution in [-0.4, -0.2) is 18.9 Å². The van der Waals surface area contributed by atoms with Crippen molar-refractivity contribution in [2.75, 3.05) is 18.8 Å². The number of hydrogen-bond acceptors (Lipinski definition) is 3. The summed E-state index contributed by atoms with van der Waals surface area (Å²) in [7, 11) is 0. The molecule has 0 unspecified atom stereocenters. The van der Waals surface area contributed by atoms with Crippen molar-refractivity contribution in [1.82, 2.24) is 5.32 Å². The second kappa shape index (κ2) is 5.08. The summed E-state index contributed by atoms with van der Waals surface area (Å²) in [6.45, 7) is 3.58. The van der Waals surface area contributed by atoms with Crippen molar-refractivity contribution < 1.29 is 4.79 Å². The molecular formula is C13H16Cl2N2O. The minimum absolute atomic E-state index is 0.0612. The molecule has 1 heterocycles. The van der Waals surface area contributed by atoms with Crippen LogP contribution in [0.2, 0.25) is 10.0 Å². The highest BCUT2D eigenvalue weighted by Crippen LogP contribution is 2.38. The Morgan fingerprint density at radius 2 is 2.22 bits per heavy atom. The van der Waals surface area contributed by atoms with Crippen LogP contribution in [0.5, 0.6) is 0 Å². The Hall–Kier alpha value is -0.770. The van der Waals surface area contributed by atoms with Gasteiger partial charge in [0.2, 0.25) is 0 Å². The molecule has 2 rings (SSSR count). The lowest BCUT2D eigenvalue weighted by Gasteiger charge is -2.25. The van der Waals surface area contributed by atoms with Crippen LogP contribution < -0.4 is 11.1 Å². The molecule has 1 atom stereocenters. The summed E-state index contributed by atoms with van der Waals surface area (Å²) in [5.41, 5.74) is 6.32. The molecule has 0 radical (unpaired) electrons. The normalized spacial score (nSPS) is 23.3. The Balaban J connectivity index is 2.43. The number of nitrogen functional groups attached to an aromatic ring is 1. The Morgan fingerprint density at radius 3 is 2.78 bits per heavy atom. The summed E-state index contributed by atoms with van der Waals surface area (Å²) >= 11 is 11.9. The molecule has 3 nitrogen and oxygen atoms in total. The molecule has 5 heteroatoms. The van der Waals surface area contributed by atoms with E-state index in [2.05, 4.69) is 5.32 Å². The zero-order chi connectivity index (χ0) is 13.3. The van der Waals surface area contributed by atoms with Gasteiger partial charge >= 0.3 is 0 Å². The third kappa shape index (κ3) is 2.11. The Morgan fingerprint density at radius 1 is 1.50 bits per heavy atom. The van der Waals surface area contributed by atoms with Gasteiger partial charge in [-0.15, -0.1) is 0 Å². The van der Waals surface area contributed by atoms with Crippen LogP contribution in [0.3, 0.4) is 0 Å². The number of hydrogen-bond donors (Lipinski definition) is 2. The number of carbonyl (C=O) groups is 1. The molecule has 3 N–H and O–H groups in total. The molecule has 1 aliphatic heterocycles. The lowest BCUT2D eigenvalue weighted by molar-refractivity contribution is 0.0811. The van der Waals surface area contributed by atoms with Crippen LogP contribution >= 0.6 is 23.2 Å². The van der Waals surface area contributed by atoms with Gasteiger partial charge < -0.3 is 11.1 Å². The average molecular weight is 287 g/mol. The monoisotopic (exact) mass is 286 g/mol. The first kappa shape index (κ1) is 13.7. The van der Waals surface area contributed by atoms with Gasteiger partial charge in [-0.3, -0.25) is 4.79 Å². The maximum atomic E-state index is 12.7. The first-order valence-corrected chi connectivity index (χ1v) is 6.76. The fourth-order valence-electron chi connectivity index (χ4n) is 2.45. The van der Waals surface area contributed by atoms with Gasteiger partial charge in [-0.2, -0.15) is 0 Å². The van der Waals surface area contributed by atoms with Gasteiger partial charge in [-0.25, -0.2) is 0 Å². The number of halogens is 2. The van der Waals surface area contributed by atoms with Crippen LogP contribution in [0, 0.1) is 5.41 Å². The third-order valence-electron chi connectivity index (χ3n) is 3.78. The lowest BCUT2D eigenvalue weighted by Crippen LogP contribution is -2.33. The quantitative estimate of drug-likeness (QED) is 0.663. The maximum absolute atomic E-state index is 12.7. The first-order valence-electron chi connectivity index (χ1n) is 6.01. The van der Waals surface area contributed by atoms with Gasteiger partial charge in [0.1, 0.15) is 0 Å². The number of benzene rings is 1. The second-order valence-electron chi connectivity index (χ2n) is 4.71. The van der Waals surface area contributed by atoms with Crippen molar-refractivity contribution in [3.8, 4) is 0 Å². The third-order valence-corrected chi connectivity index (χ3v) is 4.60. The van der Waals surface area contributed by atoms with E-state index in [1.165, 1.54) is 0 Å². The summed E-state index contributed by atoms with van der Waals surface area (Å²) < 4.78 is 0. The van der Waals surface area contributed by atoms with E-state index >= 15 is 0 Å². The zero-order valence-corrected chi connectivity index (χ0v) is 11.7. The van der Waals surface area contributed by atoms with E-state index in [0.717, 1.165) is 19.4 Å². The van der Waals surface area contributed by atoms with Crippen molar-refractivity contribution in [3.05, 3.63) is 27.7 Å². The topological polar surface area (TPSA) is 55.1 Å². The van der Waals surface area contributed by atoms with Crippen molar-refractivity contribution in [3.63, 3.8) is 0 Å². The number of nitrogens with two attached hydrogens (primary N) is 1. The first-order chi connectivity index (χ1) is 8.52. The molecule has 0 aliphatic carbocycles. The van der Waals surface area contributed by atoms with E-state index in [9.17, 15) is 4.79 Å². The Labute approximate surface area is 117 Å². The molecule has 1 aliphatic rings. The molecule has 1 saturated heterocycles. The molecular weight excluding hydrogens is 271 g/mol. The van der Waals surface area contributed by atoms with Crippen LogP contribution in [-0.2, 0) is 0 Å². The molecule has 0 amide bonds. The zero-order valence-electron chi connectivity index (χ0n) is 10.2. The van der Waals surface area contributed by atoms with Gasteiger partial charge in [-0.05, 0) is 31.5 Å². The predicted octanol–water partition coefficient (Wildman–Crippen LogP) is 3.15. The number of anilines is 1. The van der Waals surface area contributed by atoms with E-state index in [4.69, 9.17) is 28.9 Å². The minimum Gasteiger partial charge on any atom is -0.397 e. The standard InChI is InChI=1S/C13H16Cl2N2O/c1-2-13(5-6-17-7-13)12(18)8-3-4-9(14)10(15)11(8)16/h3-4,17H,2,5-7,16H2,1H3/t13-/m0/s1. The molecule has 0 aromatic heterocycles. The van der Waals surface area contributed by atoms with Crippen molar-refractivity contribution in [1.29, 1.82) is 0 Å². The molecule has 1 aromatic carbocycles. The van der Waals surface area contributed by atoms with Gasteiger partial charge in [0.15, 0.2) is 5.78 Å². The number of Topliss-reactive ketones (excluding diaryl/α,β-unsaturated/α-hetero) is 1. The summed E-state index contributed by atoms with van der Waals surface area (Å²) in [4.78, 5) is 12.7. The van der Waals surface area contributed by atoms with Crippen molar-refractivity contribution in [2.24, 2.45) is 5.41 Å². The van der Waals surface area contributed by atoms with Crippen LogP contribution in [0.25, 0.3) is 0 Å². The van der Waals surface area contributed by atoms with Gasteiger partial charge in [0.05, 0.1) is 15.7 Å². The van der Waals surface area contributed by atoms with Gasteiger partial charge in [0.25, 0.3) is 0 Å². The molecule has 1 fully saturated rings. The van der Waals surface area contributed by atoms with Crippen molar-refractivity contribution >= 4 is 34.7 Å². The average Bonchev–Trinajstić information content (AvgIpc) is 2.85. The van der Waals surface area contributed by atoms with E-state index in [-0.39, 0.29) is 21.9 Å². The van der Waals surface area contributed by atoms with E-state index in [1.807, 2.05) is 6.92 Å². The molecule has 98 valence electrons. The van der Waals surface area contributed by atoms with Crippen LogP contribution in [0.15, 0.2) is 12.1 Å². The minimum atomic E-state index is -0.356. The summed E-state index contributed by atoms with van der Waals surface area (Å²) in [6.07, 6.45) is 1.63. The summed E-state index contributed by atoms with van der Waals surface area (Å²) in [5, 5.41) is 3.88. The second-order valence-corrected chi connectivity index (χ2v) is 5.50. The molecule has 0 spiro atoms.